The molecule has 3 heterocycles. The van der Waals surface area contributed by atoms with E-state index < -0.39 is 30.6 Å². The monoisotopic (exact) mass is 370 g/mol. The number of hydrogen-bond donors (Lipinski definition) is 0. The van der Waals surface area contributed by atoms with Crippen LogP contribution in [0.25, 0.3) is 0 Å². The van der Waals surface area contributed by atoms with Crippen LogP contribution in [0.15, 0.2) is 0 Å². The second-order valence-corrected chi connectivity index (χ2v) is 7.09. The predicted octanol–water partition coefficient (Wildman–Crippen LogP) is 0.296. The molecule has 0 amide bonds. The lowest BCUT2D eigenvalue weighted by Crippen LogP contribution is -2.42. The molecule has 4 unspecified atom stereocenters. The summed E-state index contributed by atoms with van der Waals surface area (Å²) in [5.41, 5.74) is 0. The maximum Gasteiger partial charge on any atom is 0.315 e. The molecule has 0 saturated carbocycles. The zero-order valence-electron chi connectivity index (χ0n) is 15.9. The van der Waals surface area contributed by atoms with Crippen LogP contribution in [-0.2, 0) is 28.6 Å². The summed E-state index contributed by atoms with van der Waals surface area (Å²) in [6, 6.07) is 0. The number of esters is 2. The number of aldehydes is 1. The highest BCUT2D eigenvalue weighted by atomic mass is 16.7. The highest BCUT2D eigenvalue weighted by Gasteiger charge is 2.53. The molecule has 0 aromatic rings. The topological polar surface area (TPSA) is 85.4 Å². The van der Waals surface area contributed by atoms with Crippen LogP contribution in [0.2, 0.25) is 0 Å². The van der Waals surface area contributed by atoms with Crippen molar-refractivity contribution in [1.29, 1.82) is 0 Å². The van der Waals surface area contributed by atoms with Gasteiger partial charge in [0.25, 0.3) is 0 Å². The minimum Gasteiger partial charge on any atom is -0.428 e. The van der Waals surface area contributed by atoms with Crippen LogP contribution in [0.5, 0.6) is 0 Å². The third-order valence-corrected chi connectivity index (χ3v) is 5.20. The summed E-state index contributed by atoms with van der Waals surface area (Å²) >= 11 is 0. The molecule has 3 aliphatic heterocycles. The molecular weight excluding hydrogens is 340 g/mol. The fourth-order valence-corrected chi connectivity index (χ4v) is 3.45. The molecule has 4 atom stereocenters. The van der Waals surface area contributed by atoms with Gasteiger partial charge in [0, 0.05) is 32.6 Å². The third-order valence-electron chi connectivity index (χ3n) is 5.20. The fraction of sp³-hybridized carbons (Fsp3) is 0.833. The Hall–Kier alpha value is -1.51. The molecule has 8 nitrogen and oxygen atoms in total. The van der Waals surface area contributed by atoms with Gasteiger partial charge in [0.05, 0.1) is 24.0 Å². The van der Waals surface area contributed by atoms with Crippen LogP contribution >= 0.6 is 0 Å². The maximum absolute atomic E-state index is 11.8. The molecule has 0 aromatic carbocycles. The van der Waals surface area contributed by atoms with Crippen LogP contribution in [0.1, 0.15) is 26.2 Å². The van der Waals surface area contributed by atoms with E-state index in [2.05, 4.69) is 28.6 Å². The van der Waals surface area contributed by atoms with E-state index in [1.54, 1.807) is 6.92 Å². The number of nitrogens with zero attached hydrogens (tertiary/aromatic N) is 2. The van der Waals surface area contributed by atoms with Crippen molar-refractivity contribution in [2.45, 2.75) is 38.4 Å². The van der Waals surface area contributed by atoms with Crippen LogP contribution < -0.4 is 0 Å². The first-order chi connectivity index (χ1) is 12.5. The number of carbonyl (C=O) groups excluding carboxylic acids is 3. The number of hydrogen-bond acceptors (Lipinski definition) is 8. The quantitative estimate of drug-likeness (QED) is 0.388. The molecule has 3 rings (SSSR count). The number of rotatable bonds is 5. The first kappa shape index (κ1) is 20.8. The normalized spacial score (nSPS) is 31.0. The van der Waals surface area contributed by atoms with E-state index in [0.717, 1.165) is 19.1 Å². The fourth-order valence-electron chi connectivity index (χ4n) is 3.45. The molecule has 3 aliphatic rings. The van der Waals surface area contributed by atoms with Crippen molar-refractivity contribution in [1.82, 2.24) is 9.80 Å². The van der Waals surface area contributed by atoms with Crippen LogP contribution in [0.4, 0.5) is 0 Å². The Kier molecular flexibility index (Phi) is 7.99. The van der Waals surface area contributed by atoms with Crippen molar-refractivity contribution in [2.75, 3.05) is 47.1 Å². The van der Waals surface area contributed by atoms with E-state index in [0.29, 0.717) is 0 Å². The summed E-state index contributed by atoms with van der Waals surface area (Å²) < 4.78 is 15.0. The lowest BCUT2D eigenvalue weighted by Gasteiger charge is -2.28. The van der Waals surface area contributed by atoms with Crippen molar-refractivity contribution in [3.63, 3.8) is 0 Å². The SMILES string of the molecule is CCC(=O)OCOC(=O)C1C2CCC(O2)C1C=O.CN1CCN(C)CC1. The molecule has 3 fully saturated rings. The van der Waals surface area contributed by atoms with E-state index in [1.165, 1.54) is 26.2 Å². The Balaban J connectivity index is 0.000000254. The van der Waals surface area contributed by atoms with Gasteiger partial charge in [-0.1, -0.05) is 6.92 Å². The van der Waals surface area contributed by atoms with Crippen molar-refractivity contribution in [2.24, 2.45) is 11.8 Å². The van der Waals surface area contributed by atoms with Crippen molar-refractivity contribution < 1.29 is 28.6 Å². The predicted molar refractivity (Wildman–Crippen MR) is 93.3 cm³/mol. The van der Waals surface area contributed by atoms with E-state index >= 15 is 0 Å². The van der Waals surface area contributed by atoms with Gasteiger partial charge in [-0.15, -0.1) is 0 Å². The lowest BCUT2D eigenvalue weighted by molar-refractivity contribution is -0.172. The molecule has 0 aliphatic carbocycles. The van der Waals surface area contributed by atoms with Gasteiger partial charge in [-0.25, -0.2) is 0 Å². The molecule has 8 heteroatoms. The molecule has 0 aromatic heterocycles. The van der Waals surface area contributed by atoms with Crippen molar-refractivity contribution in [3.8, 4) is 0 Å². The van der Waals surface area contributed by atoms with Gasteiger partial charge in [0.2, 0.25) is 6.79 Å². The summed E-state index contributed by atoms with van der Waals surface area (Å²) in [5, 5.41) is 0. The standard InChI is InChI=1S/C12H16O6.C6H14N2/c1-2-10(14)16-6-17-12(15)11-7(5-13)8-3-4-9(11)18-8;1-7-3-5-8(2)6-4-7/h5,7-9,11H,2-4,6H2,1H3;3-6H2,1-2H3. The largest absolute Gasteiger partial charge is 0.428 e. The third kappa shape index (κ3) is 5.49. The van der Waals surface area contributed by atoms with E-state index in [1.807, 2.05) is 0 Å². The number of fused-ring (bicyclic) bond motifs is 2. The van der Waals surface area contributed by atoms with Gasteiger partial charge in [0.1, 0.15) is 6.29 Å². The second-order valence-electron chi connectivity index (χ2n) is 7.09. The lowest BCUT2D eigenvalue weighted by atomic mass is 9.80. The van der Waals surface area contributed by atoms with Crippen LogP contribution in [0.3, 0.4) is 0 Å². The Labute approximate surface area is 154 Å². The van der Waals surface area contributed by atoms with E-state index in [-0.39, 0.29) is 18.6 Å². The number of likely N-dealkylation sites (N-methyl/N-ethyl adjacent to an activating group) is 2. The molecule has 26 heavy (non-hydrogen) atoms. The molecule has 148 valence electrons. The number of carbonyl (C=O) groups is 3. The summed E-state index contributed by atoms with van der Waals surface area (Å²) in [6.07, 6.45) is 2.16. The Morgan fingerprint density at radius 2 is 1.62 bits per heavy atom. The van der Waals surface area contributed by atoms with Crippen molar-refractivity contribution >= 4 is 18.2 Å². The summed E-state index contributed by atoms with van der Waals surface area (Å²) in [7, 11) is 4.35. The Morgan fingerprint density at radius 1 is 1.04 bits per heavy atom. The second kappa shape index (κ2) is 9.99. The van der Waals surface area contributed by atoms with Crippen LogP contribution in [-0.4, -0.2) is 87.3 Å². The van der Waals surface area contributed by atoms with Gasteiger partial charge < -0.3 is 28.8 Å². The molecular formula is C18H30N2O6. The average molecular weight is 370 g/mol. The van der Waals surface area contributed by atoms with Gasteiger partial charge in [-0.2, -0.15) is 0 Å². The van der Waals surface area contributed by atoms with Gasteiger partial charge >= 0.3 is 11.9 Å². The van der Waals surface area contributed by atoms with E-state index in [4.69, 9.17) is 9.47 Å². The number of ether oxygens (including phenoxy) is 3. The molecule has 2 bridgehead atoms. The molecule has 0 N–H and O–H groups in total. The maximum atomic E-state index is 11.8. The van der Waals surface area contributed by atoms with Crippen LogP contribution in [0, 0.1) is 11.8 Å². The molecule has 3 saturated heterocycles. The zero-order chi connectivity index (χ0) is 19.1. The highest BCUT2D eigenvalue weighted by molar-refractivity contribution is 5.79. The summed E-state index contributed by atoms with van der Waals surface area (Å²) in [4.78, 5) is 38.4. The van der Waals surface area contributed by atoms with E-state index in [9.17, 15) is 14.4 Å². The first-order valence-corrected chi connectivity index (χ1v) is 9.26. The van der Waals surface area contributed by atoms with Crippen molar-refractivity contribution in [3.05, 3.63) is 0 Å². The minimum absolute atomic E-state index is 0.164. The molecule has 0 radical (unpaired) electrons. The average Bonchev–Trinajstić information content (AvgIpc) is 3.25. The first-order valence-electron chi connectivity index (χ1n) is 9.26. The van der Waals surface area contributed by atoms with Gasteiger partial charge in [-0.05, 0) is 26.9 Å². The van der Waals surface area contributed by atoms with Gasteiger partial charge in [0.15, 0.2) is 0 Å². The Bertz CT molecular complexity index is 482. The summed E-state index contributed by atoms with van der Waals surface area (Å²) in [5.74, 6) is -1.94. The molecule has 0 spiro atoms. The Morgan fingerprint density at radius 3 is 2.15 bits per heavy atom. The van der Waals surface area contributed by atoms with Gasteiger partial charge in [-0.3, -0.25) is 9.59 Å². The smallest absolute Gasteiger partial charge is 0.315 e. The zero-order valence-corrected chi connectivity index (χ0v) is 15.9. The summed E-state index contributed by atoms with van der Waals surface area (Å²) in [6.45, 7) is 6.18. The number of piperazine rings is 1. The minimum atomic E-state index is -0.554. The highest BCUT2D eigenvalue weighted by Crippen LogP contribution is 2.42.